The van der Waals surface area contributed by atoms with Crippen LogP contribution in [0, 0.1) is 0 Å². The summed E-state index contributed by atoms with van der Waals surface area (Å²) in [5.74, 6) is 0.629. The minimum atomic E-state index is -0.799. The van der Waals surface area contributed by atoms with Gasteiger partial charge in [0.2, 0.25) is 0 Å². The number of hydrogen-bond acceptors (Lipinski definition) is 8. The highest BCUT2D eigenvalue weighted by molar-refractivity contribution is 8.76. The summed E-state index contributed by atoms with van der Waals surface area (Å²) in [4.78, 5) is 20.3. The van der Waals surface area contributed by atoms with Crippen LogP contribution in [0.15, 0.2) is 53.7 Å². The van der Waals surface area contributed by atoms with E-state index < -0.39 is 6.16 Å². The highest BCUT2D eigenvalue weighted by atomic mass is 33.1. The number of para-hydroxylation sites is 2. The van der Waals surface area contributed by atoms with E-state index in [9.17, 15) is 4.79 Å². The van der Waals surface area contributed by atoms with E-state index in [1.165, 1.54) is 10.8 Å². The Morgan fingerprint density at radius 1 is 1.23 bits per heavy atom. The average Bonchev–Trinajstić information content (AvgIpc) is 2.55. The van der Waals surface area contributed by atoms with Gasteiger partial charge in [-0.3, -0.25) is 0 Å². The van der Waals surface area contributed by atoms with Crippen LogP contribution in [0.25, 0.3) is 0 Å². The van der Waals surface area contributed by atoms with Crippen LogP contribution >= 0.6 is 21.6 Å². The summed E-state index contributed by atoms with van der Waals surface area (Å²) in [6.45, 7) is 0.245. The second kappa shape index (κ2) is 9.06. The van der Waals surface area contributed by atoms with E-state index in [1.54, 1.807) is 41.3 Å². The number of hydrogen-bond donors (Lipinski definition) is 2. The fourth-order valence-corrected chi connectivity index (χ4v) is 3.08. The Balaban J connectivity index is 1.57. The molecule has 22 heavy (non-hydrogen) atoms. The van der Waals surface area contributed by atoms with E-state index in [4.69, 9.17) is 15.3 Å². The maximum absolute atomic E-state index is 11.4. The number of nitrogens with one attached hydrogen (secondary N) is 1. The molecular formula is C14H15N3O3S2. The monoisotopic (exact) mass is 337 g/mol. The number of aromatic nitrogens is 1. The molecule has 8 heteroatoms. The molecule has 6 nitrogen and oxygen atoms in total. The third-order valence-corrected chi connectivity index (χ3v) is 4.60. The fraction of sp³-hybridized carbons (Fsp3) is 0.143. The second-order valence-electron chi connectivity index (χ2n) is 3.96. The van der Waals surface area contributed by atoms with Gasteiger partial charge in [-0.2, -0.15) is 0 Å². The van der Waals surface area contributed by atoms with Gasteiger partial charge in [0, 0.05) is 11.9 Å². The van der Waals surface area contributed by atoms with Gasteiger partial charge in [0.1, 0.15) is 11.6 Å². The lowest BCUT2D eigenvalue weighted by Gasteiger charge is -2.08. The molecule has 0 atom stereocenters. The molecule has 0 aliphatic rings. The Bertz CT molecular complexity index is 599. The summed E-state index contributed by atoms with van der Waals surface area (Å²) in [6, 6.07) is 12.7. The van der Waals surface area contributed by atoms with Crippen LogP contribution < -0.4 is 11.2 Å². The molecule has 0 saturated carbocycles. The molecule has 0 radical (unpaired) electrons. The zero-order valence-corrected chi connectivity index (χ0v) is 13.2. The lowest BCUT2D eigenvalue weighted by atomic mass is 10.3. The van der Waals surface area contributed by atoms with Gasteiger partial charge in [-0.05, 0) is 35.1 Å². The quantitative estimate of drug-likeness (QED) is 0.261. The molecule has 1 aromatic heterocycles. The summed E-state index contributed by atoms with van der Waals surface area (Å²) in [5, 5.41) is 0.913. The Hall–Kier alpha value is -2.06. The number of ether oxygens (including phenoxy) is 1. The highest BCUT2D eigenvalue weighted by Crippen LogP contribution is 2.28. The Labute approximate surface area is 136 Å². The molecule has 2 rings (SSSR count). The number of nitrogens with two attached hydrogens (primary N) is 1. The molecule has 3 N–H and O–H groups in total. The first-order valence-corrected chi connectivity index (χ1v) is 8.72. The number of nitrogen functional groups attached to an aromatic ring is 1. The third kappa shape index (κ3) is 5.74. The van der Waals surface area contributed by atoms with Crippen molar-refractivity contribution in [2.45, 2.75) is 5.03 Å². The fourth-order valence-electron chi connectivity index (χ4n) is 1.37. The van der Waals surface area contributed by atoms with Gasteiger partial charge < -0.3 is 15.3 Å². The van der Waals surface area contributed by atoms with Crippen molar-refractivity contribution in [1.29, 1.82) is 0 Å². The van der Waals surface area contributed by atoms with E-state index in [0.717, 1.165) is 5.03 Å². The summed E-state index contributed by atoms with van der Waals surface area (Å²) < 4.78 is 4.92. The molecule has 1 aromatic carbocycles. The predicted octanol–water partition coefficient (Wildman–Crippen LogP) is 3.58. The summed E-state index contributed by atoms with van der Waals surface area (Å²) in [6.07, 6.45) is 0.934. The molecule has 0 spiro atoms. The largest absolute Gasteiger partial charge is 0.533 e. The third-order valence-electron chi connectivity index (χ3n) is 2.37. The molecule has 0 aliphatic carbocycles. The lowest BCUT2D eigenvalue weighted by Crippen LogP contribution is -2.14. The SMILES string of the molecule is Nc1ccccc1NOC(=O)OCCSSc1ccccn1. The molecule has 116 valence electrons. The number of anilines is 2. The molecule has 0 saturated heterocycles. The molecule has 0 aliphatic heterocycles. The van der Waals surface area contributed by atoms with Gasteiger partial charge in [-0.15, -0.1) is 0 Å². The van der Waals surface area contributed by atoms with Crippen molar-refractivity contribution in [2.75, 3.05) is 23.6 Å². The lowest BCUT2D eigenvalue weighted by molar-refractivity contribution is 0.0771. The first-order valence-electron chi connectivity index (χ1n) is 6.40. The molecular weight excluding hydrogens is 322 g/mol. The normalized spacial score (nSPS) is 10.0. The number of pyridine rings is 1. The summed E-state index contributed by atoms with van der Waals surface area (Å²) >= 11 is 0. The van der Waals surface area contributed by atoms with Crippen LogP contribution in [0.2, 0.25) is 0 Å². The van der Waals surface area contributed by atoms with Crippen molar-refractivity contribution in [3.63, 3.8) is 0 Å². The van der Waals surface area contributed by atoms with E-state index in [-0.39, 0.29) is 6.61 Å². The number of benzene rings is 1. The first-order chi connectivity index (χ1) is 10.8. The molecule has 0 bridgehead atoms. The van der Waals surface area contributed by atoms with Gasteiger partial charge in [0.05, 0.1) is 11.4 Å². The molecule has 0 fully saturated rings. The number of carbonyl (C=O) groups is 1. The zero-order valence-electron chi connectivity index (χ0n) is 11.6. The number of rotatable bonds is 7. The average molecular weight is 337 g/mol. The van der Waals surface area contributed by atoms with E-state index in [2.05, 4.69) is 10.5 Å². The maximum Gasteiger partial charge on any atom is 0.533 e. The second-order valence-corrected chi connectivity index (χ2v) is 6.40. The zero-order chi connectivity index (χ0) is 15.6. The van der Waals surface area contributed by atoms with Crippen LogP contribution in [0.1, 0.15) is 0 Å². The van der Waals surface area contributed by atoms with Crippen molar-refractivity contribution in [1.82, 2.24) is 4.98 Å². The Morgan fingerprint density at radius 3 is 2.82 bits per heavy atom. The smallest absolute Gasteiger partial charge is 0.432 e. The van der Waals surface area contributed by atoms with Crippen LogP contribution in [0.4, 0.5) is 16.2 Å². The first kappa shape index (κ1) is 16.3. The van der Waals surface area contributed by atoms with Crippen molar-refractivity contribution >= 4 is 39.1 Å². The van der Waals surface area contributed by atoms with Crippen molar-refractivity contribution in [2.24, 2.45) is 0 Å². The van der Waals surface area contributed by atoms with Gasteiger partial charge in [-0.25, -0.2) is 15.3 Å². The standard InChI is InChI=1S/C14H15N3O3S2/c15-11-5-1-2-6-12(11)17-20-14(18)19-9-10-21-22-13-7-3-4-8-16-13/h1-8,17H,9-10,15H2. The van der Waals surface area contributed by atoms with Crippen LogP contribution in [-0.4, -0.2) is 23.5 Å². The van der Waals surface area contributed by atoms with Gasteiger partial charge in [0.25, 0.3) is 0 Å². The van der Waals surface area contributed by atoms with Crippen molar-refractivity contribution in [3.8, 4) is 0 Å². The minimum absolute atomic E-state index is 0.245. The number of carbonyl (C=O) groups excluding carboxylic acids is 1. The van der Waals surface area contributed by atoms with Gasteiger partial charge in [-0.1, -0.05) is 29.0 Å². The van der Waals surface area contributed by atoms with E-state index >= 15 is 0 Å². The maximum atomic E-state index is 11.4. The Morgan fingerprint density at radius 2 is 2.05 bits per heavy atom. The molecule has 1 heterocycles. The van der Waals surface area contributed by atoms with E-state index in [0.29, 0.717) is 17.1 Å². The van der Waals surface area contributed by atoms with E-state index in [1.807, 2.05) is 18.2 Å². The molecule has 0 amide bonds. The highest BCUT2D eigenvalue weighted by Gasteiger charge is 2.06. The molecule has 2 aromatic rings. The summed E-state index contributed by atoms with van der Waals surface area (Å²) in [5.41, 5.74) is 9.15. The van der Waals surface area contributed by atoms with Gasteiger partial charge >= 0.3 is 6.16 Å². The minimum Gasteiger partial charge on any atom is -0.432 e. The summed E-state index contributed by atoms with van der Waals surface area (Å²) in [7, 11) is 3.07. The van der Waals surface area contributed by atoms with Gasteiger partial charge in [0.15, 0.2) is 0 Å². The number of nitrogens with zero attached hydrogens (tertiary/aromatic N) is 1. The van der Waals surface area contributed by atoms with Crippen LogP contribution in [0.5, 0.6) is 0 Å². The van der Waals surface area contributed by atoms with Crippen molar-refractivity contribution in [3.05, 3.63) is 48.7 Å². The Kier molecular flexibility index (Phi) is 6.72. The van der Waals surface area contributed by atoms with Crippen molar-refractivity contribution < 1.29 is 14.4 Å². The topological polar surface area (TPSA) is 86.5 Å². The molecule has 0 unspecified atom stereocenters. The van der Waals surface area contributed by atoms with Crippen LogP contribution in [0.3, 0.4) is 0 Å². The van der Waals surface area contributed by atoms with Crippen LogP contribution in [-0.2, 0) is 9.57 Å². The predicted molar refractivity (Wildman–Crippen MR) is 89.5 cm³/mol.